The van der Waals surface area contributed by atoms with E-state index in [1.165, 1.54) is 17.5 Å². The number of nitrogens with one attached hydrogen (secondary N) is 1. The number of carbonyl (C=O) groups excluding carboxylic acids is 1. The van der Waals surface area contributed by atoms with Crippen LogP contribution in [0, 0.1) is 20.8 Å². The Kier molecular flexibility index (Phi) is 4.99. The van der Waals surface area contributed by atoms with Crippen molar-refractivity contribution in [3.8, 4) is 0 Å². The van der Waals surface area contributed by atoms with Crippen molar-refractivity contribution in [2.75, 3.05) is 26.2 Å². The number of aromatic amines is 1. The zero-order chi connectivity index (χ0) is 19.1. The van der Waals surface area contributed by atoms with Gasteiger partial charge in [0.1, 0.15) is 5.69 Å². The molecule has 2 N–H and O–H groups in total. The molecule has 1 aliphatic carbocycles. The summed E-state index contributed by atoms with van der Waals surface area (Å²) < 4.78 is 0. The summed E-state index contributed by atoms with van der Waals surface area (Å²) >= 11 is 0. The summed E-state index contributed by atoms with van der Waals surface area (Å²) in [7, 11) is 0. The molecule has 2 fully saturated rings. The van der Waals surface area contributed by atoms with Crippen LogP contribution in [0.25, 0.3) is 10.9 Å². The highest BCUT2D eigenvalue weighted by Crippen LogP contribution is 2.28. The molecule has 2 aliphatic rings. The molecule has 0 radical (unpaired) electrons. The Morgan fingerprint density at radius 3 is 2.48 bits per heavy atom. The second-order valence-electron chi connectivity index (χ2n) is 8.38. The molecule has 0 unspecified atom stereocenters. The van der Waals surface area contributed by atoms with Crippen LogP contribution < -0.4 is 0 Å². The van der Waals surface area contributed by atoms with Crippen LogP contribution in [-0.2, 0) is 0 Å². The number of benzene rings is 1. The molecule has 2 atom stereocenters. The average molecular weight is 370 g/mol. The summed E-state index contributed by atoms with van der Waals surface area (Å²) in [4.78, 5) is 20.9. The van der Waals surface area contributed by atoms with Gasteiger partial charge in [0, 0.05) is 43.1 Å². The lowest BCUT2D eigenvalue weighted by atomic mass is 9.91. The van der Waals surface area contributed by atoms with Crippen molar-refractivity contribution in [3.05, 3.63) is 34.5 Å². The van der Waals surface area contributed by atoms with E-state index >= 15 is 0 Å². The van der Waals surface area contributed by atoms with E-state index in [9.17, 15) is 9.90 Å². The molecule has 1 aromatic heterocycles. The van der Waals surface area contributed by atoms with E-state index in [0.29, 0.717) is 0 Å². The first-order chi connectivity index (χ1) is 13.0. The topological polar surface area (TPSA) is 59.6 Å². The summed E-state index contributed by atoms with van der Waals surface area (Å²) in [5, 5.41) is 11.5. The molecule has 1 aliphatic heterocycles. The summed E-state index contributed by atoms with van der Waals surface area (Å²) in [6.07, 6.45) is 4.12. The Hall–Kier alpha value is -1.85. The highest BCUT2D eigenvalue weighted by Gasteiger charge is 2.32. The number of aliphatic hydroxyl groups excluding tert-OH is 1. The summed E-state index contributed by atoms with van der Waals surface area (Å²) in [6, 6.07) is 4.59. The minimum Gasteiger partial charge on any atom is -0.391 e. The van der Waals surface area contributed by atoms with E-state index in [1.807, 2.05) is 11.8 Å². The van der Waals surface area contributed by atoms with Gasteiger partial charge in [-0.2, -0.15) is 0 Å². The molecule has 27 heavy (non-hydrogen) atoms. The van der Waals surface area contributed by atoms with Gasteiger partial charge in [-0.1, -0.05) is 24.5 Å². The monoisotopic (exact) mass is 369 g/mol. The Balaban J connectivity index is 1.49. The maximum Gasteiger partial charge on any atom is 0.270 e. The minimum atomic E-state index is -0.205. The predicted octanol–water partition coefficient (Wildman–Crippen LogP) is 3.15. The normalized spacial score (nSPS) is 24.5. The van der Waals surface area contributed by atoms with Crippen LogP contribution in [0.1, 0.15) is 52.9 Å². The lowest BCUT2D eigenvalue weighted by Crippen LogP contribution is -2.55. The lowest BCUT2D eigenvalue weighted by molar-refractivity contribution is -0.00182. The van der Waals surface area contributed by atoms with Crippen LogP contribution in [0.2, 0.25) is 0 Å². The number of fused-ring (bicyclic) bond motifs is 1. The molecule has 0 bridgehead atoms. The van der Waals surface area contributed by atoms with Gasteiger partial charge < -0.3 is 15.0 Å². The Morgan fingerprint density at radius 2 is 1.78 bits per heavy atom. The smallest absolute Gasteiger partial charge is 0.270 e. The van der Waals surface area contributed by atoms with Crippen LogP contribution in [0.15, 0.2) is 12.1 Å². The van der Waals surface area contributed by atoms with E-state index in [1.54, 1.807) is 0 Å². The molecule has 2 aromatic rings. The third-order valence-corrected chi connectivity index (χ3v) is 6.49. The summed E-state index contributed by atoms with van der Waals surface area (Å²) in [5.41, 5.74) is 5.26. The lowest BCUT2D eigenvalue weighted by Gasteiger charge is -2.42. The molecule has 2 heterocycles. The van der Waals surface area contributed by atoms with Gasteiger partial charge in [-0.15, -0.1) is 0 Å². The SMILES string of the molecule is Cc1cc(C)c2[nH]c(C(=O)N3CCN([C@@H]4CCCC[C@H]4O)CC3)c(C)c2c1. The van der Waals surface area contributed by atoms with Gasteiger partial charge in [-0.05, 0) is 50.8 Å². The molecule has 5 nitrogen and oxygen atoms in total. The van der Waals surface area contributed by atoms with Gasteiger partial charge in [0.2, 0.25) is 0 Å². The number of amides is 1. The van der Waals surface area contributed by atoms with Crippen molar-refractivity contribution in [3.63, 3.8) is 0 Å². The zero-order valence-corrected chi connectivity index (χ0v) is 16.7. The molecule has 4 rings (SSSR count). The molecule has 1 saturated carbocycles. The number of hydrogen-bond acceptors (Lipinski definition) is 3. The first-order valence-electron chi connectivity index (χ1n) is 10.3. The number of aliphatic hydroxyl groups is 1. The number of rotatable bonds is 2. The molecule has 0 spiro atoms. The number of hydrogen-bond donors (Lipinski definition) is 2. The molecule has 5 heteroatoms. The molecule has 1 saturated heterocycles. The molecule has 146 valence electrons. The predicted molar refractivity (Wildman–Crippen MR) is 108 cm³/mol. The van der Waals surface area contributed by atoms with Gasteiger partial charge in [0.25, 0.3) is 5.91 Å². The molecule has 1 amide bonds. The number of aryl methyl sites for hydroxylation is 3. The number of piperazine rings is 1. The first kappa shape index (κ1) is 18.5. The van der Waals surface area contributed by atoms with Crippen molar-refractivity contribution in [2.45, 2.75) is 58.6 Å². The maximum absolute atomic E-state index is 13.2. The number of H-pyrrole nitrogens is 1. The largest absolute Gasteiger partial charge is 0.391 e. The summed E-state index contributed by atoms with van der Waals surface area (Å²) in [5.74, 6) is 0.101. The summed E-state index contributed by atoms with van der Waals surface area (Å²) in [6.45, 7) is 9.39. The fourth-order valence-corrected chi connectivity index (χ4v) is 4.93. The van der Waals surface area contributed by atoms with Crippen LogP contribution >= 0.6 is 0 Å². The van der Waals surface area contributed by atoms with Gasteiger partial charge in [0.15, 0.2) is 0 Å². The van der Waals surface area contributed by atoms with Crippen LogP contribution in [-0.4, -0.2) is 64.1 Å². The van der Waals surface area contributed by atoms with E-state index in [-0.39, 0.29) is 18.1 Å². The molecular weight excluding hydrogens is 338 g/mol. The van der Waals surface area contributed by atoms with Gasteiger partial charge in [0.05, 0.1) is 6.10 Å². The van der Waals surface area contributed by atoms with E-state index < -0.39 is 0 Å². The standard InChI is InChI=1S/C22H31N3O2/c1-14-12-15(2)20-17(13-14)16(3)21(23-20)22(27)25-10-8-24(9-11-25)18-6-4-5-7-19(18)26/h12-13,18-19,23,26H,4-11H2,1-3H3/t18-,19-/m1/s1. The number of aromatic nitrogens is 1. The van der Waals surface area contributed by atoms with E-state index in [0.717, 1.165) is 67.6 Å². The highest BCUT2D eigenvalue weighted by atomic mass is 16.3. The average Bonchev–Trinajstić information content (AvgIpc) is 2.99. The zero-order valence-electron chi connectivity index (χ0n) is 16.7. The second-order valence-corrected chi connectivity index (χ2v) is 8.38. The number of nitrogens with zero attached hydrogens (tertiary/aromatic N) is 2. The van der Waals surface area contributed by atoms with Gasteiger partial charge in [-0.3, -0.25) is 9.69 Å². The van der Waals surface area contributed by atoms with Crippen molar-refractivity contribution in [2.24, 2.45) is 0 Å². The third kappa shape index (κ3) is 3.39. The van der Waals surface area contributed by atoms with E-state index in [4.69, 9.17) is 0 Å². The molecule has 1 aromatic carbocycles. The van der Waals surface area contributed by atoms with Crippen LogP contribution in [0.4, 0.5) is 0 Å². The Bertz CT molecular complexity index is 849. The van der Waals surface area contributed by atoms with Crippen molar-refractivity contribution >= 4 is 16.8 Å². The van der Waals surface area contributed by atoms with Gasteiger partial charge >= 0.3 is 0 Å². The van der Waals surface area contributed by atoms with Crippen molar-refractivity contribution in [1.82, 2.24) is 14.8 Å². The van der Waals surface area contributed by atoms with Crippen LogP contribution in [0.5, 0.6) is 0 Å². The number of carbonyl (C=O) groups is 1. The van der Waals surface area contributed by atoms with Crippen molar-refractivity contribution < 1.29 is 9.90 Å². The van der Waals surface area contributed by atoms with E-state index in [2.05, 4.69) is 35.9 Å². The van der Waals surface area contributed by atoms with Crippen molar-refractivity contribution in [1.29, 1.82) is 0 Å². The third-order valence-electron chi connectivity index (χ3n) is 6.49. The quantitative estimate of drug-likeness (QED) is 0.855. The van der Waals surface area contributed by atoms with Crippen LogP contribution in [0.3, 0.4) is 0 Å². The minimum absolute atomic E-state index is 0.101. The Morgan fingerprint density at radius 1 is 1.07 bits per heavy atom. The fraction of sp³-hybridized carbons (Fsp3) is 0.591. The molecular formula is C22H31N3O2. The first-order valence-corrected chi connectivity index (χ1v) is 10.3. The second kappa shape index (κ2) is 7.28. The highest BCUT2D eigenvalue weighted by molar-refractivity contribution is 6.01. The Labute approximate surface area is 161 Å². The van der Waals surface area contributed by atoms with Gasteiger partial charge in [-0.25, -0.2) is 0 Å². The maximum atomic E-state index is 13.2. The fourth-order valence-electron chi connectivity index (χ4n) is 4.93.